The summed E-state index contributed by atoms with van der Waals surface area (Å²) in [5.41, 5.74) is -0.884. The van der Waals surface area contributed by atoms with E-state index in [2.05, 4.69) is 15.9 Å². The first-order valence-corrected chi connectivity index (χ1v) is 4.56. The van der Waals surface area contributed by atoms with Crippen LogP contribution in [0.2, 0.25) is 0 Å². The van der Waals surface area contributed by atoms with E-state index in [1.54, 1.807) is 6.07 Å². The number of hydrogen-bond donors (Lipinski definition) is 3. The number of benzene rings is 1. The summed E-state index contributed by atoms with van der Waals surface area (Å²) in [5, 5.41) is 28.3. The number of hydrogen-bond acceptors (Lipinski definition) is 3. The van der Waals surface area contributed by atoms with Gasteiger partial charge in [-0.3, -0.25) is 0 Å². The molecule has 1 aromatic rings. The third-order valence-corrected chi connectivity index (χ3v) is 2.17. The van der Waals surface area contributed by atoms with Crippen molar-refractivity contribution in [2.24, 2.45) is 0 Å². The van der Waals surface area contributed by atoms with Gasteiger partial charge in [0.25, 0.3) is 0 Å². The second kappa shape index (κ2) is 3.20. The summed E-state index contributed by atoms with van der Waals surface area (Å²) in [5.74, 6) is -0.526. The van der Waals surface area contributed by atoms with Crippen molar-refractivity contribution in [1.82, 2.24) is 0 Å². The molecular weight excluding hydrogens is 236 g/mol. The molecular formula is C9H11BrO3. The first kappa shape index (κ1) is 10.3. The molecule has 0 aliphatic carbocycles. The van der Waals surface area contributed by atoms with Crippen LogP contribution in [0.1, 0.15) is 19.4 Å². The maximum atomic E-state index is 9.63. The highest BCUT2D eigenvalue weighted by molar-refractivity contribution is 9.10. The van der Waals surface area contributed by atoms with Crippen LogP contribution in [0.3, 0.4) is 0 Å². The number of rotatable bonds is 1. The predicted octanol–water partition coefficient (Wildman–Crippen LogP) is 2.09. The molecule has 1 rings (SSSR count). The van der Waals surface area contributed by atoms with E-state index < -0.39 is 5.60 Å². The molecule has 0 amide bonds. The number of halogens is 1. The summed E-state index contributed by atoms with van der Waals surface area (Å²) in [4.78, 5) is 0. The Bertz CT molecular complexity index is 328. The first-order valence-electron chi connectivity index (χ1n) is 3.76. The Balaban J connectivity index is 3.37. The SMILES string of the molecule is CC(C)(O)c1cc(Br)cc(O)c1O. The van der Waals surface area contributed by atoms with Gasteiger partial charge in [-0.2, -0.15) is 0 Å². The zero-order valence-electron chi connectivity index (χ0n) is 7.37. The number of aliphatic hydroxyl groups is 1. The van der Waals surface area contributed by atoms with E-state index in [4.69, 9.17) is 0 Å². The molecule has 0 fully saturated rings. The molecule has 0 atom stereocenters. The summed E-state index contributed by atoms with van der Waals surface area (Å²) in [6, 6.07) is 2.93. The van der Waals surface area contributed by atoms with Crippen LogP contribution < -0.4 is 0 Å². The lowest BCUT2D eigenvalue weighted by molar-refractivity contribution is 0.0752. The quantitative estimate of drug-likeness (QED) is 0.666. The van der Waals surface area contributed by atoms with Gasteiger partial charge in [0, 0.05) is 10.0 Å². The molecule has 0 bridgehead atoms. The van der Waals surface area contributed by atoms with Crippen molar-refractivity contribution in [3.8, 4) is 11.5 Å². The van der Waals surface area contributed by atoms with Crippen LogP contribution in [0.5, 0.6) is 11.5 Å². The van der Waals surface area contributed by atoms with Gasteiger partial charge in [0.1, 0.15) is 0 Å². The Kier molecular flexibility index (Phi) is 2.54. The van der Waals surface area contributed by atoms with Crippen molar-refractivity contribution in [3.05, 3.63) is 22.2 Å². The third kappa shape index (κ3) is 2.14. The molecule has 0 aromatic heterocycles. The zero-order chi connectivity index (χ0) is 10.2. The van der Waals surface area contributed by atoms with Crippen LogP contribution in [0, 0.1) is 0 Å². The Labute approximate surface area is 84.8 Å². The van der Waals surface area contributed by atoms with E-state index in [1.165, 1.54) is 19.9 Å². The molecule has 0 heterocycles. The lowest BCUT2D eigenvalue weighted by atomic mass is 9.97. The standard InChI is InChI=1S/C9H11BrO3/c1-9(2,13)6-3-5(10)4-7(11)8(6)12/h3-4,11-13H,1-2H3. The Morgan fingerprint density at radius 1 is 1.23 bits per heavy atom. The summed E-state index contributed by atoms with van der Waals surface area (Å²) in [6.07, 6.45) is 0. The molecule has 4 heteroatoms. The smallest absolute Gasteiger partial charge is 0.163 e. The second-order valence-electron chi connectivity index (χ2n) is 3.38. The molecule has 0 saturated carbocycles. The molecule has 0 aliphatic rings. The minimum absolute atomic E-state index is 0.244. The molecule has 0 saturated heterocycles. The summed E-state index contributed by atoms with van der Waals surface area (Å²) >= 11 is 3.16. The van der Waals surface area contributed by atoms with Crippen LogP contribution >= 0.6 is 15.9 Å². The van der Waals surface area contributed by atoms with Crippen LogP contribution in [0.25, 0.3) is 0 Å². The molecule has 0 radical (unpaired) electrons. The Hall–Kier alpha value is -0.740. The molecule has 0 aliphatic heterocycles. The van der Waals surface area contributed by atoms with Gasteiger partial charge in [0.15, 0.2) is 11.5 Å². The van der Waals surface area contributed by atoms with Gasteiger partial charge in [0.2, 0.25) is 0 Å². The first-order chi connectivity index (χ1) is 5.82. The average molecular weight is 247 g/mol. The normalized spacial score (nSPS) is 11.7. The second-order valence-corrected chi connectivity index (χ2v) is 4.30. The zero-order valence-corrected chi connectivity index (χ0v) is 8.96. The Morgan fingerprint density at radius 2 is 1.77 bits per heavy atom. The highest BCUT2D eigenvalue weighted by Crippen LogP contribution is 2.38. The van der Waals surface area contributed by atoms with E-state index in [0.29, 0.717) is 10.0 Å². The topological polar surface area (TPSA) is 60.7 Å². The summed E-state index contributed by atoms with van der Waals surface area (Å²) in [7, 11) is 0. The van der Waals surface area contributed by atoms with Gasteiger partial charge in [-0.25, -0.2) is 0 Å². The lowest BCUT2D eigenvalue weighted by Gasteiger charge is -2.19. The summed E-state index contributed by atoms with van der Waals surface area (Å²) in [6.45, 7) is 3.07. The molecule has 13 heavy (non-hydrogen) atoms. The van der Waals surface area contributed by atoms with Crippen LogP contribution in [0.4, 0.5) is 0 Å². The highest BCUT2D eigenvalue weighted by atomic mass is 79.9. The van der Waals surface area contributed by atoms with Crippen LogP contribution in [0.15, 0.2) is 16.6 Å². The van der Waals surface area contributed by atoms with Crippen molar-refractivity contribution in [1.29, 1.82) is 0 Å². The van der Waals surface area contributed by atoms with Gasteiger partial charge >= 0.3 is 0 Å². The van der Waals surface area contributed by atoms with E-state index in [1.807, 2.05) is 0 Å². The fourth-order valence-corrected chi connectivity index (χ4v) is 1.50. The number of phenolic OH excluding ortho intramolecular Hbond substituents is 2. The van der Waals surface area contributed by atoms with E-state index in [0.717, 1.165) is 0 Å². The monoisotopic (exact) mass is 246 g/mol. The van der Waals surface area contributed by atoms with Crippen molar-refractivity contribution in [2.75, 3.05) is 0 Å². The van der Waals surface area contributed by atoms with Gasteiger partial charge in [-0.05, 0) is 26.0 Å². The van der Waals surface area contributed by atoms with E-state index in [-0.39, 0.29) is 11.5 Å². The molecule has 0 unspecified atom stereocenters. The van der Waals surface area contributed by atoms with Crippen molar-refractivity contribution < 1.29 is 15.3 Å². The van der Waals surface area contributed by atoms with Crippen molar-refractivity contribution in [2.45, 2.75) is 19.4 Å². The highest BCUT2D eigenvalue weighted by Gasteiger charge is 2.22. The maximum absolute atomic E-state index is 9.63. The third-order valence-electron chi connectivity index (χ3n) is 1.71. The minimum Gasteiger partial charge on any atom is -0.504 e. The van der Waals surface area contributed by atoms with Gasteiger partial charge in [-0.15, -0.1) is 0 Å². The fourth-order valence-electron chi connectivity index (χ4n) is 1.05. The van der Waals surface area contributed by atoms with Gasteiger partial charge in [0.05, 0.1) is 5.60 Å². The predicted molar refractivity (Wildman–Crippen MR) is 52.7 cm³/mol. The average Bonchev–Trinajstić information content (AvgIpc) is 1.94. The van der Waals surface area contributed by atoms with Gasteiger partial charge < -0.3 is 15.3 Å². The van der Waals surface area contributed by atoms with Crippen LogP contribution in [-0.2, 0) is 5.60 Å². The lowest BCUT2D eigenvalue weighted by Crippen LogP contribution is -2.15. The molecule has 72 valence electrons. The number of aromatic hydroxyl groups is 2. The molecule has 3 N–H and O–H groups in total. The largest absolute Gasteiger partial charge is 0.504 e. The van der Waals surface area contributed by atoms with E-state index in [9.17, 15) is 15.3 Å². The van der Waals surface area contributed by atoms with Gasteiger partial charge in [-0.1, -0.05) is 15.9 Å². The van der Waals surface area contributed by atoms with Crippen LogP contribution in [-0.4, -0.2) is 15.3 Å². The molecule has 3 nitrogen and oxygen atoms in total. The summed E-state index contributed by atoms with van der Waals surface area (Å²) < 4.78 is 0.611. The maximum Gasteiger partial charge on any atom is 0.163 e. The molecule has 1 aromatic carbocycles. The van der Waals surface area contributed by atoms with Crippen molar-refractivity contribution >= 4 is 15.9 Å². The Morgan fingerprint density at radius 3 is 2.23 bits per heavy atom. The van der Waals surface area contributed by atoms with Crippen molar-refractivity contribution in [3.63, 3.8) is 0 Å². The number of phenols is 2. The minimum atomic E-state index is -1.18. The fraction of sp³-hybridized carbons (Fsp3) is 0.333. The molecule has 0 spiro atoms. The van der Waals surface area contributed by atoms with E-state index >= 15 is 0 Å².